The van der Waals surface area contributed by atoms with Crippen LogP contribution in [0.5, 0.6) is 0 Å². The normalized spacial score (nSPS) is 11.6. The first kappa shape index (κ1) is 19.4. The Balaban J connectivity index is 2.27. The maximum atomic E-state index is 11.8. The molecule has 0 bridgehead atoms. The van der Waals surface area contributed by atoms with Gasteiger partial charge < -0.3 is 0 Å². The number of carbonyl (C=O) groups excluding carboxylic acids is 1. The molecule has 0 spiro atoms. The number of nitrogens with one attached hydrogen (secondary N) is 1. The van der Waals surface area contributed by atoms with E-state index in [2.05, 4.69) is 43.4 Å². The van der Waals surface area contributed by atoms with Gasteiger partial charge in [0.15, 0.2) is 0 Å². The third-order valence-electron chi connectivity index (χ3n) is 4.28. The highest BCUT2D eigenvalue weighted by molar-refractivity contribution is 5.99. The highest BCUT2D eigenvalue weighted by Crippen LogP contribution is 2.11. The summed E-state index contributed by atoms with van der Waals surface area (Å²) < 4.78 is 0. The van der Waals surface area contributed by atoms with E-state index in [1.54, 1.807) is 0 Å². The van der Waals surface area contributed by atoms with Gasteiger partial charge in [0.2, 0.25) is 5.91 Å². The number of carbonyl (C=O) groups is 1. The van der Waals surface area contributed by atoms with E-state index in [1.165, 1.54) is 43.2 Å². The van der Waals surface area contributed by atoms with Crippen LogP contribution in [-0.2, 0) is 4.79 Å². The molecule has 1 rings (SSSR count). The fraction of sp³-hybridized carbons (Fsp3) is 0.600. The van der Waals surface area contributed by atoms with E-state index in [4.69, 9.17) is 0 Å². The van der Waals surface area contributed by atoms with E-state index < -0.39 is 0 Å². The van der Waals surface area contributed by atoms with Crippen molar-refractivity contribution in [3.8, 4) is 0 Å². The van der Waals surface area contributed by atoms with Gasteiger partial charge in [-0.1, -0.05) is 57.6 Å². The standard InChI is InChI=1S/C20H32N2O/c1-5-6-7-8-9-10-11-12-20(23)22-21-18(4)19-14-13-16(2)17(3)15-19/h13-15H,5-12H2,1-4H3,(H,22,23). The molecule has 128 valence electrons. The zero-order valence-corrected chi connectivity index (χ0v) is 15.2. The number of rotatable bonds is 10. The molecule has 0 unspecified atom stereocenters. The zero-order chi connectivity index (χ0) is 17.1. The fourth-order valence-electron chi connectivity index (χ4n) is 2.48. The summed E-state index contributed by atoms with van der Waals surface area (Å²) in [6.45, 7) is 8.34. The van der Waals surface area contributed by atoms with Gasteiger partial charge in [-0.15, -0.1) is 0 Å². The Hall–Kier alpha value is -1.64. The summed E-state index contributed by atoms with van der Waals surface area (Å²) in [6.07, 6.45) is 9.11. The van der Waals surface area contributed by atoms with Crippen molar-refractivity contribution in [2.45, 2.75) is 79.1 Å². The van der Waals surface area contributed by atoms with Crippen molar-refractivity contribution in [1.29, 1.82) is 0 Å². The summed E-state index contributed by atoms with van der Waals surface area (Å²) >= 11 is 0. The molecular formula is C20H32N2O. The second kappa shape index (κ2) is 11.0. The SMILES string of the molecule is CCCCCCCCCC(=O)NN=C(C)c1ccc(C)c(C)c1. The third-order valence-corrected chi connectivity index (χ3v) is 4.28. The lowest BCUT2D eigenvalue weighted by Gasteiger charge is -2.06. The quantitative estimate of drug-likeness (QED) is 0.356. The van der Waals surface area contributed by atoms with Crippen molar-refractivity contribution in [2.75, 3.05) is 0 Å². The molecule has 0 fully saturated rings. The average molecular weight is 316 g/mol. The van der Waals surface area contributed by atoms with Gasteiger partial charge in [0.25, 0.3) is 0 Å². The van der Waals surface area contributed by atoms with Crippen molar-refractivity contribution in [3.05, 3.63) is 34.9 Å². The number of hydrogen-bond acceptors (Lipinski definition) is 2. The molecule has 1 amide bonds. The van der Waals surface area contributed by atoms with Crippen LogP contribution in [0.1, 0.15) is 81.9 Å². The van der Waals surface area contributed by atoms with Crippen molar-refractivity contribution in [1.82, 2.24) is 5.43 Å². The minimum Gasteiger partial charge on any atom is -0.273 e. The number of hydrogen-bond donors (Lipinski definition) is 1. The minimum atomic E-state index is 0.0155. The molecule has 3 heteroatoms. The minimum absolute atomic E-state index is 0.0155. The van der Waals surface area contributed by atoms with Gasteiger partial charge in [-0.2, -0.15) is 5.10 Å². The van der Waals surface area contributed by atoms with Gasteiger partial charge in [0, 0.05) is 6.42 Å². The van der Waals surface area contributed by atoms with E-state index in [-0.39, 0.29) is 5.91 Å². The highest BCUT2D eigenvalue weighted by Gasteiger charge is 2.03. The topological polar surface area (TPSA) is 41.5 Å². The van der Waals surface area contributed by atoms with E-state index >= 15 is 0 Å². The molecule has 0 atom stereocenters. The lowest BCUT2D eigenvalue weighted by Crippen LogP contribution is -2.18. The second-order valence-corrected chi connectivity index (χ2v) is 6.40. The Morgan fingerprint density at radius 2 is 1.65 bits per heavy atom. The van der Waals surface area contributed by atoms with E-state index in [0.717, 1.165) is 24.1 Å². The molecule has 0 heterocycles. The molecule has 0 aliphatic rings. The molecule has 1 N–H and O–H groups in total. The van der Waals surface area contributed by atoms with Crippen LogP contribution in [0.4, 0.5) is 0 Å². The smallest absolute Gasteiger partial charge is 0.240 e. The molecule has 1 aromatic rings. The summed E-state index contributed by atoms with van der Waals surface area (Å²) in [5.41, 5.74) is 7.09. The molecule has 3 nitrogen and oxygen atoms in total. The van der Waals surface area contributed by atoms with E-state index in [0.29, 0.717) is 6.42 Å². The Bertz CT molecular complexity index is 520. The van der Waals surface area contributed by atoms with Crippen molar-refractivity contribution in [3.63, 3.8) is 0 Å². The number of aryl methyl sites for hydroxylation is 2. The highest BCUT2D eigenvalue weighted by atomic mass is 16.2. The monoisotopic (exact) mass is 316 g/mol. The molecule has 0 aromatic heterocycles. The first-order valence-corrected chi connectivity index (χ1v) is 8.95. The summed E-state index contributed by atoms with van der Waals surface area (Å²) in [7, 11) is 0. The maximum absolute atomic E-state index is 11.8. The van der Waals surface area contributed by atoms with Crippen LogP contribution < -0.4 is 5.43 Å². The molecule has 0 aliphatic heterocycles. The fourth-order valence-corrected chi connectivity index (χ4v) is 2.48. The van der Waals surface area contributed by atoms with Gasteiger partial charge in [-0.3, -0.25) is 4.79 Å². The van der Waals surface area contributed by atoms with Gasteiger partial charge in [0.1, 0.15) is 0 Å². The number of hydrazone groups is 1. The largest absolute Gasteiger partial charge is 0.273 e. The second-order valence-electron chi connectivity index (χ2n) is 6.40. The van der Waals surface area contributed by atoms with Crippen LogP contribution >= 0.6 is 0 Å². The molecule has 0 aliphatic carbocycles. The lowest BCUT2D eigenvalue weighted by atomic mass is 10.0. The third kappa shape index (κ3) is 7.96. The molecule has 0 radical (unpaired) electrons. The summed E-state index contributed by atoms with van der Waals surface area (Å²) in [5.74, 6) is 0.0155. The Morgan fingerprint density at radius 1 is 1.00 bits per heavy atom. The molecule has 23 heavy (non-hydrogen) atoms. The Kier molecular flexibility index (Phi) is 9.27. The predicted octanol–water partition coefficient (Wildman–Crippen LogP) is 5.28. The molecular weight excluding hydrogens is 284 g/mol. The number of amides is 1. The van der Waals surface area contributed by atoms with Crippen LogP contribution in [0.3, 0.4) is 0 Å². The molecule has 0 saturated heterocycles. The van der Waals surface area contributed by atoms with Gasteiger partial charge in [0.05, 0.1) is 5.71 Å². The first-order chi connectivity index (χ1) is 11.0. The van der Waals surface area contributed by atoms with Crippen LogP contribution in [0.25, 0.3) is 0 Å². The van der Waals surface area contributed by atoms with Gasteiger partial charge in [-0.05, 0) is 49.9 Å². The first-order valence-electron chi connectivity index (χ1n) is 8.95. The Morgan fingerprint density at radius 3 is 2.30 bits per heavy atom. The molecule has 1 aromatic carbocycles. The van der Waals surface area contributed by atoms with Crippen molar-refractivity contribution in [2.24, 2.45) is 5.10 Å². The van der Waals surface area contributed by atoms with Gasteiger partial charge in [-0.25, -0.2) is 5.43 Å². The number of unbranched alkanes of at least 4 members (excludes halogenated alkanes) is 6. The summed E-state index contributed by atoms with van der Waals surface area (Å²) in [4.78, 5) is 11.8. The van der Waals surface area contributed by atoms with Crippen LogP contribution in [0, 0.1) is 13.8 Å². The van der Waals surface area contributed by atoms with E-state index in [9.17, 15) is 4.79 Å². The maximum Gasteiger partial charge on any atom is 0.240 e. The predicted molar refractivity (Wildman–Crippen MR) is 98.9 cm³/mol. The van der Waals surface area contributed by atoms with Crippen molar-refractivity contribution >= 4 is 11.6 Å². The summed E-state index contributed by atoms with van der Waals surface area (Å²) in [6, 6.07) is 6.24. The zero-order valence-electron chi connectivity index (χ0n) is 15.2. The van der Waals surface area contributed by atoms with E-state index in [1.807, 2.05) is 13.0 Å². The molecule has 0 saturated carbocycles. The van der Waals surface area contributed by atoms with Crippen LogP contribution in [-0.4, -0.2) is 11.6 Å². The lowest BCUT2D eigenvalue weighted by molar-refractivity contribution is -0.121. The summed E-state index contributed by atoms with van der Waals surface area (Å²) in [5, 5.41) is 4.22. The van der Waals surface area contributed by atoms with Gasteiger partial charge >= 0.3 is 0 Å². The average Bonchev–Trinajstić information content (AvgIpc) is 2.54. The Labute approximate surface area is 141 Å². The number of benzene rings is 1. The van der Waals surface area contributed by atoms with Crippen molar-refractivity contribution < 1.29 is 4.79 Å². The van der Waals surface area contributed by atoms with Crippen LogP contribution in [0.2, 0.25) is 0 Å². The number of nitrogens with zero attached hydrogens (tertiary/aromatic N) is 1. The van der Waals surface area contributed by atoms with Crippen LogP contribution in [0.15, 0.2) is 23.3 Å².